The van der Waals surface area contributed by atoms with Gasteiger partial charge < -0.3 is 28.5 Å². The van der Waals surface area contributed by atoms with Crippen molar-refractivity contribution in [2.75, 3.05) is 47.5 Å². The number of unbranched alkanes of at least 4 members (excludes halogenated alkanes) is 32. The van der Waals surface area contributed by atoms with Crippen LogP contribution in [0.2, 0.25) is 0 Å². The average molecular weight is 1080 g/mol. The van der Waals surface area contributed by atoms with E-state index in [9.17, 15) is 19.5 Å². The Morgan fingerprint density at radius 2 is 0.740 bits per heavy atom. The van der Waals surface area contributed by atoms with Crippen molar-refractivity contribution < 1.29 is 42.9 Å². The molecular formula is C68H122NO8+. The number of allylic oxidation sites excluding steroid dienone is 12. The van der Waals surface area contributed by atoms with E-state index in [1.807, 2.05) is 21.1 Å². The lowest BCUT2D eigenvalue weighted by Gasteiger charge is -2.25. The number of hydrogen-bond donors (Lipinski definition) is 1. The lowest BCUT2D eigenvalue weighted by atomic mass is 10.0. The first-order valence-corrected chi connectivity index (χ1v) is 32.1. The van der Waals surface area contributed by atoms with Crippen molar-refractivity contribution in [1.29, 1.82) is 0 Å². The third-order valence-electron chi connectivity index (χ3n) is 13.9. The molecule has 0 spiro atoms. The van der Waals surface area contributed by atoms with Gasteiger partial charge in [0.1, 0.15) is 13.2 Å². The number of carbonyl (C=O) groups is 3. The zero-order chi connectivity index (χ0) is 56.2. The van der Waals surface area contributed by atoms with E-state index >= 15 is 0 Å². The number of likely N-dealkylation sites (N-methyl/N-ethyl adjacent to an activating group) is 1. The molecule has 9 nitrogen and oxygen atoms in total. The number of aliphatic carboxylic acids is 1. The number of hydrogen-bond acceptors (Lipinski definition) is 7. The van der Waals surface area contributed by atoms with Crippen LogP contribution in [-0.4, -0.2) is 87.4 Å². The highest BCUT2D eigenvalue weighted by Crippen LogP contribution is 2.17. The van der Waals surface area contributed by atoms with Gasteiger partial charge in [-0.1, -0.05) is 260 Å². The van der Waals surface area contributed by atoms with E-state index < -0.39 is 24.3 Å². The predicted molar refractivity (Wildman–Crippen MR) is 327 cm³/mol. The van der Waals surface area contributed by atoms with Gasteiger partial charge in [-0.05, 0) is 83.5 Å². The summed E-state index contributed by atoms with van der Waals surface area (Å²) in [5.41, 5.74) is 0. The van der Waals surface area contributed by atoms with Crippen LogP contribution in [-0.2, 0) is 33.3 Å². The van der Waals surface area contributed by atoms with Gasteiger partial charge in [-0.2, -0.15) is 0 Å². The first-order chi connectivity index (χ1) is 37.6. The molecule has 77 heavy (non-hydrogen) atoms. The summed E-state index contributed by atoms with van der Waals surface area (Å²) in [6, 6.07) is 0. The van der Waals surface area contributed by atoms with Crippen LogP contribution in [0, 0.1) is 0 Å². The van der Waals surface area contributed by atoms with Gasteiger partial charge in [0.2, 0.25) is 0 Å². The monoisotopic (exact) mass is 1080 g/mol. The molecule has 0 fully saturated rings. The Hall–Kier alpha value is -3.27. The van der Waals surface area contributed by atoms with Crippen LogP contribution in [0.25, 0.3) is 0 Å². The van der Waals surface area contributed by atoms with E-state index in [4.69, 9.17) is 18.9 Å². The largest absolute Gasteiger partial charge is 0.477 e. The molecule has 446 valence electrons. The lowest BCUT2D eigenvalue weighted by Crippen LogP contribution is -2.40. The molecule has 0 aliphatic heterocycles. The summed E-state index contributed by atoms with van der Waals surface area (Å²) in [5, 5.41) is 9.72. The summed E-state index contributed by atoms with van der Waals surface area (Å²) < 4.78 is 22.9. The minimum atomic E-state index is -1.52. The molecule has 0 aromatic heterocycles. The molecule has 1 N–H and O–H groups in total. The van der Waals surface area contributed by atoms with Crippen molar-refractivity contribution in [3.05, 3.63) is 72.9 Å². The highest BCUT2D eigenvalue weighted by molar-refractivity contribution is 5.71. The second kappa shape index (κ2) is 58.9. The molecular weight excluding hydrogens is 959 g/mol. The van der Waals surface area contributed by atoms with E-state index in [1.54, 1.807) is 0 Å². The Kier molecular flexibility index (Phi) is 56.4. The normalized spacial score (nSPS) is 13.2. The van der Waals surface area contributed by atoms with Crippen LogP contribution in [0.15, 0.2) is 72.9 Å². The number of rotatable bonds is 59. The molecule has 0 aromatic rings. The molecule has 0 saturated heterocycles. The van der Waals surface area contributed by atoms with Gasteiger partial charge in [0.25, 0.3) is 6.29 Å². The molecule has 2 unspecified atom stereocenters. The Morgan fingerprint density at radius 1 is 0.403 bits per heavy atom. The average Bonchev–Trinajstić information content (AvgIpc) is 3.40. The number of esters is 2. The Labute approximate surface area is 475 Å². The smallest absolute Gasteiger partial charge is 0.361 e. The van der Waals surface area contributed by atoms with Gasteiger partial charge in [0, 0.05) is 12.8 Å². The van der Waals surface area contributed by atoms with Gasteiger partial charge in [0.05, 0.1) is 34.4 Å². The van der Waals surface area contributed by atoms with Crippen molar-refractivity contribution in [1.82, 2.24) is 0 Å². The Bertz CT molecular complexity index is 1490. The summed E-state index contributed by atoms with van der Waals surface area (Å²) in [6.07, 6.45) is 74.3. The molecule has 2 atom stereocenters. The molecule has 0 aliphatic carbocycles. The summed E-state index contributed by atoms with van der Waals surface area (Å²) in [7, 11) is 5.97. The minimum absolute atomic E-state index is 0.183. The summed E-state index contributed by atoms with van der Waals surface area (Å²) >= 11 is 0. The Morgan fingerprint density at radius 3 is 1.12 bits per heavy atom. The molecule has 9 heteroatoms. The SMILES string of the molecule is CC/C=C\C/C=C\C/C=C\C/C=C\C/C=C\CCCCCCCCCC(=O)OC(COC(=O)CCCCCCCCCCCCCCCCCCC/C=C\CCCCCCCCCC)COC(OCC[N+](C)(C)C)C(=O)O. The standard InChI is InChI=1S/C68H121NO8/c1-6-8-10-12-14-16-18-20-22-24-26-28-30-31-32-33-34-35-37-38-40-42-44-46-48-50-52-54-56-58-65(70)75-62-64(63-76-68(67(72)73)74-61-60-69(3,4)5)77-66(71)59-57-55-53-51-49-47-45-43-41-39-36-29-27-25-23-21-19-17-15-13-11-9-7-2/h9,11,15,17,21,23-24,26-27,29,39,41,64,68H,6-8,10,12-14,16,18-20,22,25,28,30-38,40,42-63H2,1-5H3/p+1/b11-9-,17-15-,23-21-,26-24-,29-27-,41-39-. The van der Waals surface area contributed by atoms with Crippen molar-refractivity contribution in [3.63, 3.8) is 0 Å². The minimum Gasteiger partial charge on any atom is -0.477 e. The van der Waals surface area contributed by atoms with Gasteiger partial charge in [-0.25, -0.2) is 4.79 Å². The highest BCUT2D eigenvalue weighted by Gasteiger charge is 2.25. The topological polar surface area (TPSA) is 108 Å². The van der Waals surface area contributed by atoms with Crippen LogP contribution in [0.3, 0.4) is 0 Å². The molecule has 0 saturated carbocycles. The number of carboxylic acids is 1. The molecule has 0 rings (SSSR count). The zero-order valence-corrected chi connectivity index (χ0v) is 50.9. The van der Waals surface area contributed by atoms with E-state index in [0.29, 0.717) is 23.9 Å². The molecule has 0 heterocycles. The zero-order valence-electron chi connectivity index (χ0n) is 50.9. The molecule has 0 aromatic carbocycles. The quantitative estimate of drug-likeness (QED) is 0.0211. The Balaban J connectivity index is 4.17. The number of carboxylic acid groups (broad SMARTS) is 1. The highest BCUT2D eigenvalue weighted by atomic mass is 16.7. The van der Waals surface area contributed by atoms with E-state index in [2.05, 4.69) is 86.8 Å². The van der Waals surface area contributed by atoms with Crippen molar-refractivity contribution in [2.24, 2.45) is 0 Å². The molecule has 0 amide bonds. The predicted octanol–water partition coefficient (Wildman–Crippen LogP) is 19.4. The van der Waals surface area contributed by atoms with Crippen molar-refractivity contribution >= 4 is 17.9 Å². The second-order valence-corrected chi connectivity index (χ2v) is 22.7. The number of quaternary nitrogens is 1. The van der Waals surface area contributed by atoms with Crippen LogP contribution in [0.4, 0.5) is 0 Å². The van der Waals surface area contributed by atoms with E-state index in [-0.39, 0.29) is 32.2 Å². The van der Waals surface area contributed by atoms with Gasteiger partial charge in [-0.3, -0.25) is 9.59 Å². The summed E-state index contributed by atoms with van der Waals surface area (Å²) in [5.74, 6) is -2.01. The number of ether oxygens (including phenoxy) is 4. The summed E-state index contributed by atoms with van der Waals surface area (Å²) in [4.78, 5) is 37.5. The number of nitrogens with zero attached hydrogens (tertiary/aromatic N) is 1. The van der Waals surface area contributed by atoms with Crippen molar-refractivity contribution in [3.8, 4) is 0 Å². The molecule has 0 radical (unpaired) electrons. The van der Waals surface area contributed by atoms with E-state index in [1.165, 1.54) is 173 Å². The third kappa shape index (κ3) is 60.2. The van der Waals surface area contributed by atoms with Gasteiger partial charge in [0.15, 0.2) is 6.10 Å². The van der Waals surface area contributed by atoms with Crippen LogP contribution < -0.4 is 0 Å². The molecule has 0 aliphatic rings. The van der Waals surface area contributed by atoms with Gasteiger partial charge >= 0.3 is 17.9 Å². The second-order valence-electron chi connectivity index (χ2n) is 22.7. The third-order valence-corrected chi connectivity index (χ3v) is 13.9. The summed E-state index contributed by atoms with van der Waals surface area (Å²) in [6.45, 7) is 4.78. The number of carbonyl (C=O) groups excluding carboxylic acids is 2. The fraction of sp³-hybridized carbons (Fsp3) is 0.779. The first-order valence-electron chi connectivity index (χ1n) is 32.1. The fourth-order valence-electron chi connectivity index (χ4n) is 9.04. The maximum atomic E-state index is 12.9. The maximum absolute atomic E-state index is 12.9. The fourth-order valence-corrected chi connectivity index (χ4v) is 9.04. The van der Waals surface area contributed by atoms with Crippen LogP contribution in [0.5, 0.6) is 0 Å². The molecule has 0 bridgehead atoms. The van der Waals surface area contributed by atoms with Crippen LogP contribution in [0.1, 0.15) is 284 Å². The van der Waals surface area contributed by atoms with E-state index in [0.717, 1.165) is 77.0 Å². The van der Waals surface area contributed by atoms with Crippen molar-refractivity contribution in [2.45, 2.75) is 296 Å². The van der Waals surface area contributed by atoms with Gasteiger partial charge in [-0.15, -0.1) is 0 Å². The first kappa shape index (κ1) is 73.7. The maximum Gasteiger partial charge on any atom is 0.361 e. The van der Waals surface area contributed by atoms with Crippen LogP contribution >= 0.6 is 0 Å². The lowest BCUT2D eigenvalue weighted by molar-refractivity contribution is -0.870.